The highest BCUT2D eigenvalue weighted by Gasteiger charge is 2.15. The number of nitrogens with zero attached hydrogens (tertiary/aromatic N) is 3. The number of nitro groups is 1. The Labute approximate surface area is 121 Å². The first kappa shape index (κ1) is 12.4. The van der Waals surface area contributed by atoms with Crippen LogP contribution in [0.3, 0.4) is 0 Å². The van der Waals surface area contributed by atoms with Crippen molar-refractivity contribution < 1.29 is 4.92 Å². The van der Waals surface area contributed by atoms with E-state index < -0.39 is 4.92 Å². The van der Waals surface area contributed by atoms with Crippen LogP contribution in [0.25, 0.3) is 16.2 Å². The molecule has 0 fully saturated rings. The Morgan fingerprint density at radius 1 is 1.32 bits per heavy atom. The van der Waals surface area contributed by atoms with Crippen LogP contribution in [-0.4, -0.2) is 14.3 Å². The van der Waals surface area contributed by atoms with Gasteiger partial charge in [0.15, 0.2) is 4.96 Å². The Bertz CT molecular complexity index is 765. The predicted molar refractivity (Wildman–Crippen MR) is 75.2 cm³/mol. The summed E-state index contributed by atoms with van der Waals surface area (Å²) in [4.78, 5) is 15.4. The van der Waals surface area contributed by atoms with E-state index in [9.17, 15) is 10.1 Å². The van der Waals surface area contributed by atoms with Crippen molar-refractivity contribution in [2.45, 2.75) is 0 Å². The van der Waals surface area contributed by atoms with Crippen molar-refractivity contribution in [3.05, 3.63) is 50.1 Å². The molecule has 19 heavy (non-hydrogen) atoms. The molecule has 0 radical (unpaired) electrons. The Hall–Kier alpha value is -1.63. The number of fused-ring (bicyclic) bond motifs is 1. The summed E-state index contributed by atoms with van der Waals surface area (Å²) < 4.78 is 2.42. The highest BCUT2D eigenvalue weighted by molar-refractivity contribution is 7.20. The number of thiazole rings is 1. The molecule has 0 amide bonds. The van der Waals surface area contributed by atoms with Gasteiger partial charge in [0.25, 0.3) is 5.69 Å². The van der Waals surface area contributed by atoms with E-state index in [4.69, 9.17) is 23.2 Å². The minimum Gasteiger partial charge on any atom is -0.296 e. The maximum absolute atomic E-state index is 10.9. The van der Waals surface area contributed by atoms with Gasteiger partial charge in [0.05, 0.1) is 10.6 Å². The van der Waals surface area contributed by atoms with Crippen molar-refractivity contribution in [2.24, 2.45) is 0 Å². The van der Waals surface area contributed by atoms with E-state index in [1.54, 1.807) is 22.9 Å². The molecule has 3 rings (SSSR count). The van der Waals surface area contributed by atoms with Gasteiger partial charge in [-0.2, -0.15) is 0 Å². The van der Waals surface area contributed by atoms with Crippen molar-refractivity contribution in [3.63, 3.8) is 0 Å². The van der Waals surface area contributed by atoms with Crippen LogP contribution in [0.15, 0.2) is 30.6 Å². The Kier molecular flexibility index (Phi) is 2.93. The van der Waals surface area contributed by atoms with Crippen molar-refractivity contribution in [1.82, 2.24) is 9.38 Å². The molecular weight excluding hydrogens is 309 g/mol. The lowest BCUT2D eigenvalue weighted by atomic mass is 10.1. The summed E-state index contributed by atoms with van der Waals surface area (Å²) in [5.41, 5.74) is 1.15. The summed E-state index contributed by atoms with van der Waals surface area (Å²) in [5.74, 6) is 0. The highest BCUT2D eigenvalue weighted by atomic mass is 35.5. The molecule has 8 heteroatoms. The Morgan fingerprint density at radius 2 is 2.11 bits per heavy atom. The zero-order valence-corrected chi connectivity index (χ0v) is 11.5. The van der Waals surface area contributed by atoms with Gasteiger partial charge in [-0.1, -0.05) is 40.6 Å². The third-order valence-corrected chi connectivity index (χ3v) is 4.00. The van der Waals surface area contributed by atoms with Crippen LogP contribution < -0.4 is 0 Å². The molecule has 0 atom stereocenters. The molecule has 3 aromatic rings. The quantitative estimate of drug-likeness (QED) is 0.524. The lowest BCUT2D eigenvalue weighted by Gasteiger charge is -1.98. The minimum atomic E-state index is -0.513. The molecule has 0 aliphatic rings. The topological polar surface area (TPSA) is 60.4 Å². The fourth-order valence-electron chi connectivity index (χ4n) is 1.72. The number of nitro benzene ring substituents is 1. The average molecular weight is 314 g/mol. The van der Waals surface area contributed by atoms with Gasteiger partial charge in [-0.3, -0.25) is 14.5 Å². The summed E-state index contributed by atoms with van der Waals surface area (Å²) in [5, 5.41) is 11.0. The van der Waals surface area contributed by atoms with E-state index in [1.165, 1.54) is 23.5 Å². The molecule has 0 spiro atoms. The zero-order valence-electron chi connectivity index (χ0n) is 9.21. The maximum atomic E-state index is 10.9. The normalized spacial score (nSPS) is 11.1. The predicted octanol–water partition coefficient (Wildman–Crippen LogP) is 4.28. The van der Waals surface area contributed by atoms with E-state index in [0.717, 1.165) is 4.96 Å². The van der Waals surface area contributed by atoms with Gasteiger partial charge in [0.2, 0.25) is 0 Å². The van der Waals surface area contributed by atoms with E-state index >= 15 is 0 Å². The number of imidazole rings is 1. The molecule has 0 N–H and O–H groups in total. The van der Waals surface area contributed by atoms with Crippen LogP contribution >= 0.6 is 34.5 Å². The molecular formula is C11H5Cl2N3O2S. The number of aromatic nitrogens is 2. The van der Waals surface area contributed by atoms with E-state index in [1.807, 2.05) is 0 Å². The fourth-order valence-corrected chi connectivity index (χ4v) is 2.91. The standard InChI is InChI=1S/C11H5Cl2N3O2S/c12-7-2-1-6(3-9(7)16(17)18)8-4-15-5-10(13)19-11(15)14-8/h1-5H. The second-order valence-corrected chi connectivity index (χ2v) is 5.82. The summed E-state index contributed by atoms with van der Waals surface area (Å²) >= 11 is 13.0. The molecule has 0 saturated heterocycles. The van der Waals surface area contributed by atoms with Crippen LogP contribution in [-0.2, 0) is 0 Å². The van der Waals surface area contributed by atoms with Crippen molar-refractivity contribution in [2.75, 3.05) is 0 Å². The van der Waals surface area contributed by atoms with Gasteiger partial charge in [-0.15, -0.1) is 0 Å². The SMILES string of the molecule is O=[N+]([O-])c1cc(-c2cn3cc(Cl)sc3n2)ccc1Cl. The smallest absolute Gasteiger partial charge is 0.288 e. The second-order valence-electron chi connectivity index (χ2n) is 3.77. The number of rotatable bonds is 2. The molecule has 96 valence electrons. The zero-order chi connectivity index (χ0) is 13.6. The van der Waals surface area contributed by atoms with Crippen LogP contribution in [0.1, 0.15) is 0 Å². The van der Waals surface area contributed by atoms with Crippen LogP contribution in [0.2, 0.25) is 9.36 Å². The van der Waals surface area contributed by atoms with E-state index in [-0.39, 0.29) is 10.7 Å². The molecule has 0 saturated carbocycles. The summed E-state index contributed by atoms with van der Waals surface area (Å²) in [6.07, 6.45) is 3.51. The summed E-state index contributed by atoms with van der Waals surface area (Å²) in [6.45, 7) is 0. The third kappa shape index (κ3) is 2.18. The van der Waals surface area contributed by atoms with E-state index in [0.29, 0.717) is 15.6 Å². The second kappa shape index (κ2) is 4.48. The third-order valence-electron chi connectivity index (χ3n) is 2.57. The number of benzene rings is 1. The van der Waals surface area contributed by atoms with Gasteiger partial charge in [-0.25, -0.2) is 4.98 Å². The summed E-state index contributed by atoms with van der Waals surface area (Å²) in [7, 11) is 0. The first-order valence-electron chi connectivity index (χ1n) is 5.13. The lowest BCUT2D eigenvalue weighted by Crippen LogP contribution is -1.90. The molecule has 2 heterocycles. The van der Waals surface area contributed by atoms with E-state index in [2.05, 4.69) is 4.98 Å². The molecule has 5 nitrogen and oxygen atoms in total. The van der Waals surface area contributed by atoms with Crippen LogP contribution in [0.5, 0.6) is 0 Å². The highest BCUT2D eigenvalue weighted by Crippen LogP contribution is 2.31. The molecule has 2 aromatic heterocycles. The molecule has 0 unspecified atom stereocenters. The average Bonchev–Trinajstić information content (AvgIpc) is 2.86. The van der Waals surface area contributed by atoms with Crippen LogP contribution in [0.4, 0.5) is 5.69 Å². The van der Waals surface area contributed by atoms with Gasteiger partial charge in [0, 0.05) is 24.0 Å². The van der Waals surface area contributed by atoms with Gasteiger partial charge in [-0.05, 0) is 6.07 Å². The Morgan fingerprint density at radius 3 is 2.79 bits per heavy atom. The molecule has 1 aromatic carbocycles. The monoisotopic (exact) mass is 313 g/mol. The first-order valence-corrected chi connectivity index (χ1v) is 6.70. The first-order chi connectivity index (χ1) is 9.04. The maximum Gasteiger partial charge on any atom is 0.288 e. The van der Waals surface area contributed by atoms with Crippen LogP contribution in [0, 0.1) is 10.1 Å². The fraction of sp³-hybridized carbons (Fsp3) is 0. The van der Waals surface area contributed by atoms with Crippen molar-refractivity contribution in [1.29, 1.82) is 0 Å². The Balaban J connectivity index is 2.12. The largest absolute Gasteiger partial charge is 0.296 e. The molecule has 0 bridgehead atoms. The number of hydrogen-bond donors (Lipinski definition) is 0. The van der Waals surface area contributed by atoms with Crippen molar-refractivity contribution >= 4 is 45.2 Å². The van der Waals surface area contributed by atoms with Gasteiger partial charge < -0.3 is 0 Å². The number of halogens is 2. The van der Waals surface area contributed by atoms with Gasteiger partial charge >= 0.3 is 0 Å². The molecule has 0 aliphatic heterocycles. The van der Waals surface area contributed by atoms with Gasteiger partial charge in [0.1, 0.15) is 9.36 Å². The van der Waals surface area contributed by atoms with Crippen molar-refractivity contribution in [3.8, 4) is 11.3 Å². The lowest BCUT2D eigenvalue weighted by molar-refractivity contribution is -0.384. The summed E-state index contributed by atoms with van der Waals surface area (Å²) in [6, 6.07) is 4.61. The molecule has 0 aliphatic carbocycles. The number of hydrogen-bond acceptors (Lipinski definition) is 4. The minimum absolute atomic E-state index is 0.109.